The lowest BCUT2D eigenvalue weighted by Gasteiger charge is -2.01. The van der Waals surface area contributed by atoms with Crippen molar-refractivity contribution in [3.05, 3.63) is 43.8 Å². The maximum absolute atomic E-state index is 11.5. The van der Waals surface area contributed by atoms with Gasteiger partial charge in [0.2, 0.25) is 0 Å². The summed E-state index contributed by atoms with van der Waals surface area (Å²) in [6, 6.07) is 3.72. The highest BCUT2D eigenvalue weighted by Gasteiger charge is 2.05. The van der Waals surface area contributed by atoms with Gasteiger partial charge in [-0.15, -0.1) is 0 Å². The summed E-state index contributed by atoms with van der Waals surface area (Å²) in [5.74, 6) is 0. The van der Waals surface area contributed by atoms with Gasteiger partial charge in [-0.3, -0.25) is 19.8 Å². The molecular formula is C10H10N2O2. The molecule has 0 atom stereocenters. The minimum atomic E-state index is -0.607. The zero-order valence-electron chi connectivity index (χ0n) is 7.97. The monoisotopic (exact) mass is 190 g/mol. The van der Waals surface area contributed by atoms with Gasteiger partial charge in [0.1, 0.15) is 0 Å². The molecule has 2 N–H and O–H groups in total. The van der Waals surface area contributed by atoms with Crippen LogP contribution in [0.2, 0.25) is 0 Å². The highest BCUT2D eigenvalue weighted by molar-refractivity contribution is 5.81. The molecule has 72 valence electrons. The van der Waals surface area contributed by atoms with E-state index < -0.39 is 11.0 Å². The number of hydrogen-bond acceptors (Lipinski definition) is 2. The smallest absolute Gasteiger partial charge is 0.297 e. The van der Waals surface area contributed by atoms with Crippen molar-refractivity contribution in [3.8, 4) is 0 Å². The third-order valence-electron chi connectivity index (χ3n) is 2.22. The Morgan fingerprint density at radius 2 is 1.79 bits per heavy atom. The fourth-order valence-corrected chi connectivity index (χ4v) is 1.66. The van der Waals surface area contributed by atoms with Crippen molar-refractivity contribution < 1.29 is 0 Å². The summed E-state index contributed by atoms with van der Waals surface area (Å²) < 4.78 is 0. The SMILES string of the molecule is Cc1cc(C)c2c(=O)c(=O)[nH][nH]c2c1. The van der Waals surface area contributed by atoms with E-state index in [0.717, 1.165) is 11.1 Å². The summed E-state index contributed by atoms with van der Waals surface area (Å²) in [6.07, 6.45) is 0. The number of nitrogens with one attached hydrogen (secondary N) is 2. The van der Waals surface area contributed by atoms with E-state index >= 15 is 0 Å². The lowest BCUT2D eigenvalue weighted by Crippen LogP contribution is -2.28. The van der Waals surface area contributed by atoms with Crippen molar-refractivity contribution in [1.82, 2.24) is 10.2 Å². The molecule has 1 aromatic carbocycles. The fourth-order valence-electron chi connectivity index (χ4n) is 1.66. The van der Waals surface area contributed by atoms with Crippen LogP contribution in [-0.4, -0.2) is 10.2 Å². The van der Waals surface area contributed by atoms with Crippen molar-refractivity contribution in [3.63, 3.8) is 0 Å². The fraction of sp³-hybridized carbons (Fsp3) is 0.200. The number of rotatable bonds is 0. The second-order valence-corrected chi connectivity index (χ2v) is 3.41. The van der Waals surface area contributed by atoms with Crippen molar-refractivity contribution in [2.75, 3.05) is 0 Å². The number of aromatic amines is 2. The van der Waals surface area contributed by atoms with E-state index in [0.29, 0.717) is 10.9 Å². The number of fused-ring (bicyclic) bond motifs is 1. The zero-order valence-corrected chi connectivity index (χ0v) is 7.97. The molecule has 0 fully saturated rings. The second-order valence-electron chi connectivity index (χ2n) is 3.41. The highest BCUT2D eigenvalue weighted by Crippen LogP contribution is 2.13. The highest BCUT2D eigenvalue weighted by atomic mass is 16.2. The van der Waals surface area contributed by atoms with Crippen LogP contribution in [0.25, 0.3) is 10.9 Å². The summed E-state index contributed by atoms with van der Waals surface area (Å²) in [6.45, 7) is 3.76. The molecule has 0 radical (unpaired) electrons. The summed E-state index contributed by atoms with van der Waals surface area (Å²) in [5, 5.41) is 5.48. The molecule has 1 heterocycles. The number of hydrogen-bond donors (Lipinski definition) is 2. The third-order valence-corrected chi connectivity index (χ3v) is 2.22. The molecule has 4 heteroatoms. The third kappa shape index (κ3) is 1.16. The van der Waals surface area contributed by atoms with Gasteiger partial charge in [-0.25, -0.2) is 0 Å². The van der Waals surface area contributed by atoms with Crippen molar-refractivity contribution in [2.24, 2.45) is 0 Å². The first kappa shape index (κ1) is 8.74. The molecule has 0 amide bonds. The Morgan fingerprint density at radius 3 is 2.50 bits per heavy atom. The van der Waals surface area contributed by atoms with Crippen LogP contribution >= 0.6 is 0 Å². The van der Waals surface area contributed by atoms with Gasteiger partial charge in [-0.1, -0.05) is 6.07 Å². The van der Waals surface area contributed by atoms with E-state index in [-0.39, 0.29) is 0 Å². The molecule has 0 unspecified atom stereocenters. The first-order valence-corrected chi connectivity index (χ1v) is 4.31. The first-order valence-electron chi connectivity index (χ1n) is 4.31. The van der Waals surface area contributed by atoms with Crippen LogP contribution in [0.15, 0.2) is 21.7 Å². The van der Waals surface area contributed by atoms with E-state index in [2.05, 4.69) is 10.2 Å². The number of H-pyrrole nitrogens is 2. The van der Waals surface area contributed by atoms with Crippen LogP contribution in [0.4, 0.5) is 0 Å². The van der Waals surface area contributed by atoms with Gasteiger partial charge >= 0.3 is 5.56 Å². The Bertz CT molecular complexity index is 608. The van der Waals surface area contributed by atoms with E-state index in [9.17, 15) is 9.59 Å². The summed E-state index contributed by atoms with van der Waals surface area (Å²) >= 11 is 0. The average Bonchev–Trinajstić information content (AvgIpc) is 2.10. The van der Waals surface area contributed by atoms with Crippen LogP contribution in [0.5, 0.6) is 0 Å². The molecule has 0 aliphatic heterocycles. The minimum absolute atomic E-state index is 0.472. The average molecular weight is 190 g/mol. The predicted molar refractivity (Wildman–Crippen MR) is 54.7 cm³/mol. The van der Waals surface area contributed by atoms with Crippen LogP contribution in [0, 0.1) is 13.8 Å². The summed E-state index contributed by atoms with van der Waals surface area (Å²) in [5.41, 5.74) is 1.47. The summed E-state index contributed by atoms with van der Waals surface area (Å²) in [4.78, 5) is 22.6. The molecule has 2 rings (SSSR count). The topological polar surface area (TPSA) is 65.7 Å². The molecule has 0 bridgehead atoms. The molecule has 4 nitrogen and oxygen atoms in total. The lowest BCUT2D eigenvalue weighted by molar-refractivity contribution is 1.01. The standard InChI is InChI=1S/C10H10N2O2/c1-5-3-6(2)8-7(4-5)11-12-10(14)9(8)13/h3-4H,1-2H3,(H,11,13)(H,12,14). The van der Waals surface area contributed by atoms with Crippen molar-refractivity contribution in [2.45, 2.75) is 13.8 Å². The molecule has 0 spiro atoms. The Morgan fingerprint density at radius 1 is 1.07 bits per heavy atom. The number of aryl methyl sites for hydroxylation is 2. The van der Waals surface area contributed by atoms with Crippen molar-refractivity contribution >= 4 is 10.9 Å². The largest absolute Gasteiger partial charge is 0.310 e. The van der Waals surface area contributed by atoms with Gasteiger partial charge in [0, 0.05) is 0 Å². The maximum atomic E-state index is 11.5. The van der Waals surface area contributed by atoms with Crippen LogP contribution < -0.4 is 11.0 Å². The minimum Gasteiger partial charge on any atom is -0.297 e. The van der Waals surface area contributed by atoms with Crippen LogP contribution in [0.1, 0.15) is 11.1 Å². The van der Waals surface area contributed by atoms with E-state index in [1.54, 1.807) is 0 Å². The summed E-state index contributed by atoms with van der Waals surface area (Å²) in [7, 11) is 0. The molecule has 0 saturated carbocycles. The Kier molecular flexibility index (Phi) is 1.77. The molecule has 14 heavy (non-hydrogen) atoms. The lowest BCUT2D eigenvalue weighted by atomic mass is 10.1. The van der Waals surface area contributed by atoms with Gasteiger partial charge in [0.15, 0.2) is 0 Å². The number of aromatic nitrogens is 2. The Labute approximate surface area is 79.6 Å². The van der Waals surface area contributed by atoms with Crippen LogP contribution in [-0.2, 0) is 0 Å². The van der Waals surface area contributed by atoms with Crippen LogP contribution in [0.3, 0.4) is 0 Å². The van der Waals surface area contributed by atoms with Crippen molar-refractivity contribution in [1.29, 1.82) is 0 Å². The first-order chi connectivity index (χ1) is 6.59. The van der Waals surface area contributed by atoms with E-state index in [1.165, 1.54) is 0 Å². The predicted octanol–water partition coefficient (Wildman–Crippen LogP) is 0.833. The van der Waals surface area contributed by atoms with Gasteiger partial charge < -0.3 is 0 Å². The van der Waals surface area contributed by atoms with Gasteiger partial charge in [0.25, 0.3) is 5.43 Å². The normalized spacial score (nSPS) is 10.7. The zero-order chi connectivity index (χ0) is 10.3. The molecular weight excluding hydrogens is 180 g/mol. The van der Waals surface area contributed by atoms with Gasteiger partial charge in [0.05, 0.1) is 10.9 Å². The molecule has 2 aromatic rings. The Hall–Kier alpha value is -1.84. The maximum Gasteiger partial charge on any atom is 0.310 e. The van der Waals surface area contributed by atoms with E-state index in [1.807, 2.05) is 26.0 Å². The van der Waals surface area contributed by atoms with Gasteiger partial charge in [-0.05, 0) is 31.0 Å². The number of benzene rings is 1. The quantitative estimate of drug-likeness (QED) is 0.604. The van der Waals surface area contributed by atoms with E-state index in [4.69, 9.17) is 0 Å². The second kappa shape index (κ2) is 2.83. The molecule has 0 aliphatic carbocycles. The molecule has 1 aromatic heterocycles. The Balaban J connectivity index is 3.11. The molecule has 0 aliphatic rings. The molecule has 0 saturated heterocycles. The van der Waals surface area contributed by atoms with Gasteiger partial charge in [-0.2, -0.15) is 0 Å².